The minimum atomic E-state index is -0.700. The Balaban J connectivity index is 0.497. The number of likely N-dealkylation sites (N-methyl/N-ethyl adjacent to an activating group) is 2. The van der Waals surface area contributed by atoms with Gasteiger partial charge in [0.2, 0.25) is 23.6 Å². The zero-order valence-corrected chi connectivity index (χ0v) is 75.7. The molecule has 132 heavy (non-hydrogen) atoms. The number of hydrogen-bond donors (Lipinski definition) is 5. The molecule has 0 atom stereocenters. The van der Waals surface area contributed by atoms with Gasteiger partial charge < -0.3 is 88.6 Å². The van der Waals surface area contributed by atoms with Gasteiger partial charge in [-0.25, -0.2) is 4.79 Å². The van der Waals surface area contributed by atoms with Crippen LogP contribution in [-0.4, -0.2) is 348 Å². The highest BCUT2D eigenvalue weighted by Crippen LogP contribution is 2.40. The maximum Gasteiger partial charge on any atom is 0.333 e. The van der Waals surface area contributed by atoms with Gasteiger partial charge >= 0.3 is 5.97 Å². The molecule has 39 heteroatoms. The van der Waals surface area contributed by atoms with E-state index < -0.39 is 70.9 Å². The molecule has 0 aromatic heterocycles. The minimum absolute atomic E-state index is 0.00564. The summed E-state index contributed by atoms with van der Waals surface area (Å²) >= 11 is 0. The number of rotatable bonds is 66. The van der Waals surface area contributed by atoms with Crippen molar-refractivity contribution in [3.63, 3.8) is 0 Å². The van der Waals surface area contributed by atoms with E-state index in [0.717, 1.165) is 0 Å². The van der Waals surface area contributed by atoms with Crippen LogP contribution in [0.5, 0.6) is 11.5 Å². The lowest BCUT2D eigenvalue weighted by Crippen LogP contribution is -2.45. The first kappa shape index (κ1) is 102. The average Bonchev–Trinajstić information content (AvgIpc) is 0.751. The van der Waals surface area contributed by atoms with E-state index in [1.54, 1.807) is 66.7 Å². The fraction of sp³-hybridized carbons (Fsp3) is 0.548. The Bertz CT molecular complexity index is 4510. The van der Waals surface area contributed by atoms with E-state index in [1.165, 1.54) is 19.6 Å². The number of nitrogens with zero attached hydrogens (tertiary/aromatic N) is 7. The Kier molecular flexibility index (Phi) is 41.7. The van der Waals surface area contributed by atoms with Crippen LogP contribution in [0.3, 0.4) is 0 Å². The molecule has 39 nitrogen and oxygen atoms in total. The third-order valence-electron chi connectivity index (χ3n) is 22.1. The quantitative estimate of drug-likeness (QED) is 0.0257. The van der Waals surface area contributed by atoms with Crippen molar-refractivity contribution in [2.75, 3.05) is 219 Å². The van der Waals surface area contributed by atoms with Crippen LogP contribution in [0.15, 0.2) is 66.7 Å². The first-order chi connectivity index (χ1) is 63.9. The predicted octanol–water partition coefficient (Wildman–Crippen LogP) is 4.83. The highest BCUT2D eigenvalue weighted by molar-refractivity contribution is 6.35. The number of nitrogens with one attached hydrogen (secondary N) is 5. The number of benzene rings is 5. The summed E-state index contributed by atoms with van der Waals surface area (Å²) in [7, 11) is 7.39. The third kappa shape index (κ3) is 30.2. The molecule has 0 aliphatic carbocycles. The van der Waals surface area contributed by atoms with Gasteiger partial charge in [0.15, 0.2) is 0 Å². The SMILES string of the molecule is CN(C)CCN1C(=O)c2ccc3c4c(ccc(c24)C1=O)C(=O)N(CCCCCC(=O)NCCOCCOCCOCCOCCC(=O)NCCCOc1cc(OCCCNC(=O)CCOCCOCCOCCOCCNC(=O)CCCCCN2C(=O)c4ccc5c6c(ccc(c46)C2=O)C(=O)N(CCN(C)C)C5=O)cc(C(=O)NCCCCCC(=O)ON2C(=O)CCC2=O)c1)C3=O. The summed E-state index contributed by atoms with van der Waals surface area (Å²) in [6.07, 6.45) is 6.26. The summed E-state index contributed by atoms with van der Waals surface area (Å²) in [5.41, 5.74) is 2.44. The zero-order valence-electron chi connectivity index (χ0n) is 75.7. The van der Waals surface area contributed by atoms with Crippen molar-refractivity contribution in [3.8, 4) is 11.5 Å². The lowest BCUT2D eigenvalue weighted by molar-refractivity contribution is -0.197. The van der Waals surface area contributed by atoms with Crippen LogP contribution in [0.25, 0.3) is 21.5 Å². The summed E-state index contributed by atoms with van der Waals surface area (Å²) in [4.78, 5) is 221. The lowest BCUT2D eigenvalue weighted by Gasteiger charge is -2.32. The van der Waals surface area contributed by atoms with Crippen LogP contribution in [0, 0.1) is 0 Å². The summed E-state index contributed by atoms with van der Waals surface area (Å²) in [6, 6.07) is 17.2. The second-order valence-electron chi connectivity index (χ2n) is 32.4. The van der Waals surface area contributed by atoms with Gasteiger partial charge in [-0.15, -0.1) is 5.06 Å². The average molecular weight is 1840 g/mol. The summed E-state index contributed by atoms with van der Waals surface area (Å²) in [6.45, 7) is 8.08. The number of amides is 15. The molecule has 5 heterocycles. The second-order valence-corrected chi connectivity index (χ2v) is 32.4. The number of ether oxygens (including phenoxy) is 10. The molecule has 5 aliphatic rings. The minimum Gasteiger partial charge on any atom is -0.493 e. The van der Waals surface area contributed by atoms with E-state index in [9.17, 15) is 76.7 Å². The standard InChI is InChI=1S/C93H122N12O27/c1-99(2)38-40-103-90(118)70-23-19-66-81-67(20-24-71(83(70)81)91(103)119)87(115)101(86(66)114)36-12-6-8-16-74(106)96-34-46-124-50-54-128-58-56-126-52-48-122-44-29-76(108)94-32-14-42-130-64-60-63(85(113)98-31-11-5-10-18-80(112)132-105-78(110)27-28-79(105)111)61-65(62-64)131-43-15-33-95-77(109)30-45-123-49-53-127-57-59-129-55-51-125-47-35-97-75(107)17-9-7-13-37-102-88(116)68-21-25-72-84-73(26-22-69(82(68)84)89(102)117)93(121)104(92(72)120)41-39-100(3)4/h19-26,60-62H,5-18,27-59H2,1-4H3,(H,94,108)(H,95,109)(H,96,106)(H,97,107)(H,98,113). The number of carbonyl (C=O) groups excluding carboxylic acids is 16. The monoisotopic (exact) mass is 1840 g/mol. The molecule has 15 amide bonds. The van der Waals surface area contributed by atoms with Gasteiger partial charge in [0.1, 0.15) is 11.5 Å². The predicted molar refractivity (Wildman–Crippen MR) is 476 cm³/mol. The van der Waals surface area contributed by atoms with Gasteiger partial charge in [-0.05, 0) is 140 Å². The smallest absolute Gasteiger partial charge is 0.333 e. The van der Waals surface area contributed by atoms with E-state index in [4.69, 9.17) is 52.2 Å². The van der Waals surface area contributed by atoms with Crippen molar-refractivity contribution in [2.24, 2.45) is 0 Å². The van der Waals surface area contributed by atoms with E-state index in [2.05, 4.69) is 26.6 Å². The fourth-order valence-corrected chi connectivity index (χ4v) is 15.1. The Morgan fingerprint density at radius 3 is 0.924 bits per heavy atom. The lowest BCUT2D eigenvalue weighted by atomic mass is 9.86. The van der Waals surface area contributed by atoms with E-state index in [0.29, 0.717) is 214 Å². The molecule has 5 aromatic rings. The van der Waals surface area contributed by atoms with Gasteiger partial charge in [0, 0.05) is 195 Å². The molecule has 0 saturated carbocycles. The highest BCUT2D eigenvalue weighted by Gasteiger charge is 2.42. The third-order valence-corrected chi connectivity index (χ3v) is 22.1. The molecule has 5 aliphatic heterocycles. The van der Waals surface area contributed by atoms with Gasteiger partial charge in [-0.2, -0.15) is 0 Å². The molecule has 0 spiro atoms. The van der Waals surface area contributed by atoms with Crippen molar-refractivity contribution in [2.45, 2.75) is 116 Å². The fourth-order valence-electron chi connectivity index (χ4n) is 15.1. The van der Waals surface area contributed by atoms with Gasteiger partial charge in [0.25, 0.3) is 65.0 Å². The van der Waals surface area contributed by atoms with Gasteiger partial charge in [-0.3, -0.25) is 91.5 Å². The van der Waals surface area contributed by atoms with Crippen molar-refractivity contribution in [1.82, 2.24) is 61.0 Å². The molecule has 5 N–H and O–H groups in total. The molecule has 5 aromatic carbocycles. The second kappa shape index (κ2) is 53.7. The normalized spacial score (nSPS) is 14.0. The Hall–Kier alpha value is -11.7. The summed E-state index contributed by atoms with van der Waals surface area (Å²) in [5, 5.41) is 16.0. The highest BCUT2D eigenvalue weighted by atomic mass is 16.7. The maximum atomic E-state index is 13.7. The van der Waals surface area contributed by atoms with E-state index >= 15 is 0 Å². The van der Waals surface area contributed by atoms with Crippen LogP contribution in [0.2, 0.25) is 0 Å². The summed E-state index contributed by atoms with van der Waals surface area (Å²) < 4.78 is 56.6. The van der Waals surface area contributed by atoms with Crippen LogP contribution in [-0.2, 0) is 76.3 Å². The van der Waals surface area contributed by atoms with E-state index in [-0.39, 0.29) is 204 Å². The first-order valence-electron chi connectivity index (χ1n) is 45.3. The molecule has 716 valence electrons. The number of hydroxylamine groups is 2. The van der Waals surface area contributed by atoms with Gasteiger partial charge in [-0.1, -0.05) is 19.3 Å². The molecule has 1 fully saturated rings. The molecule has 0 unspecified atom stereocenters. The van der Waals surface area contributed by atoms with Crippen LogP contribution in [0.1, 0.15) is 209 Å². The molecule has 1 saturated heterocycles. The molecule has 10 rings (SSSR count). The zero-order chi connectivity index (χ0) is 94.3. The van der Waals surface area contributed by atoms with E-state index in [1.807, 2.05) is 38.0 Å². The molecule has 0 bridgehead atoms. The van der Waals surface area contributed by atoms with Crippen molar-refractivity contribution >= 4 is 116 Å². The van der Waals surface area contributed by atoms with Crippen LogP contribution >= 0.6 is 0 Å². The van der Waals surface area contributed by atoms with Crippen LogP contribution < -0.4 is 36.1 Å². The summed E-state index contributed by atoms with van der Waals surface area (Å²) in [5.74, 6) is -6.09. The Morgan fingerprint density at radius 1 is 0.295 bits per heavy atom. The van der Waals surface area contributed by atoms with Crippen molar-refractivity contribution in [1.29, 1.82) is 0 Å². The largest absolute Gasteiger partial charge is 0.493 e. The van der Waals surface area contributed by atoms with Crippen LogP contribution in [0.4, 0.5) is 0 Å². The van der Waals surface area contributed by atoms with Crippen molar-refractivity contribution in [3.05, 3.63) is 117 Å². The number of hydrogen-bond acceptors (Lipinski definition) is 29. The van der Waals surface area contributed by atoms with Gasteiger partial charge in [0.05, 0.1) is 119 Å². The molecule has 0 radical (unpaired) electrons. The Morgan fingerprint density at radius 2 is 0.583 bits per heavy atom. The first-order valence-corrected chi connectivity index (χ1v) is 45.3. The topological polar surface area (TPSA) is 457 Å². The number of imide groups is 5. The molecular formula is C93H122N12O27. The van der Waals surface area contributed by atoms with Crippen molar-refractivity contribution < 1.29 is 129 Å². The maximum absolute atomic E-state index is 13.7. The Labute approximate surface area is 765 Å². The number of carbonyl (C=O) groups is 16. The number of unbranched alkanes of at least 4 members (excludes halogenated alkanes) is 6. The molecular weight excluding hydrogens is 1720 g/mol.